The molecule has 2 fully saturated rings. The third-order valence-electron chi connectivity index (χ3n) is 7.00. The summed E-state index contributed by atoms with van der Waals surface area (Å²) in [7, 11) is 0. The highest BCUT2D eigenvalue weighted by Crippen LogP contribution is 2.42. The monoisotopic (exact) mass is 432 g/mol. The van der Waals surface area contributed by atoms with Gasteiger partial charge < -0.3 is 15.6 Å². The molecule has 6 heterocycles. The Bertz CT molecular complexity index is 1450. The summed E-state index contributed by atoms with van der Waals surface area (Å²) >= 11 is 6.77. The molecule has 2 aliphatic rings. The standard InChI is InChI=1S/C22H21ClN8/c23-19-14(3-4-17-16(19)10-27-29-17)15-9-26-20-18(15)21-25-5-6-30(21)22(28-20)31-12-1-2-13(31)8-11(24)7-12/h3-6,9-13,26H,1-2,7-8,24H2,(H,27,29)/t11?,12-,13+. The van der Waals surface area contributed by atoms with Crippen molar-refractivity contribution in [2.45, 2.75) is 43.8 Å². The van der Waals surface area contributed by atoms with Crippen molar-refractivity contribution in [3.8, 4) is 11.1 Å². The zero-order valence-corrected chi connectivity index (χ0v) is 17.5. The van der Waals surface area contributed by atoms with Crippen molar-refractivity contribution in [3.63, 3.8) is 0 Å². The second-order valence-corrected chi connectivity index (χ2v) is 9.12. The van der Waals surface area contributed by atoms with Crippen molar-refractivity contribution in [1.29, 1.82) is 0 Å². The maximum absolute atomic E-state index is 6.77. The quantitative estimate of drug-likeness (QED) is 0.393. The third kappa shape index (κ3) is 2.37. The summed E-state index contributed by atoms with van der Waals surface area (Å²) < 4.78 is 2.12. The Morgan fingerprint density at radius 2 is 1.97 bits per heavy atom. The highest BCUT2D eigenvalue weighted by Gasteiger charge is 2.41. The van der Waals surface area contributed by atoms with Gasteiger partial charge in [-0.3, -0.25) is 9.50 Å². The van der Waals surface area contributed by atoms with Gasteiger partial charge in [0.25, 0.3) is 0 Å². The second-order valence-electron chi connectivity index (χ2n) is 8.74. The van der Waals surface area contributed by atoms with E-state index in [2.05, 4.69) is 24.5 Å². The predicted octanol–water partition coefficient (Wildman–Crippen LogP) is 3.87. The first kappa shape index (κ1) is 17.6. The molecule has 2 bridgehead atoms. The zero-order valence-electron chi connectivity index (χ0n) is 16.7. The van der Waals surface area contributed by atoms with Crippen LogP contribution in [-0.2, 0) is 0 Å². The number of nitrogens with two attached hydrogens (primary N) is 1. The Hall–Kier alpha value is -3.10. The molecule has 5 aromatic rings. The van der Waals surface area contributed by atoms with Crippen molar-refractivity contribution in [2.75, 3.05) is 4.90 Å². The summed E-state index contributed by atoms with van der Waals surface area (Å²) in [6.45, 7) is 0. The van der Waals surface area contributed by atoms with Gasteiger partial charge in [0.2, 0.25) is 5.95 Å². The smallest absolute Gasteiger partial charge is 0.213 e. The summed E-state index contributed by atoms with van der Waals surface area (Å²) in [5.74, 6) is 0.948. The molecule has 4 N–H and O–H groups in total. The molecular weight excluding hydrogens is 412 g/mol. The molecular formula is C22H21ClN8. The van der Waals surface area contributed by atoms with Gasteiger partial charge in [0, 0.05) is 53.2 Å². The van der Waals surface area contributed by atoms with Gasteiger partial charge >= 0.3 is 0 Å². The number of fused-ring (bicyclic) bond motifs is 6. The highest BCUT2D eigenvalue weighted by molar-refractivity contribution is 6.38. The lowest BCUT2D eigenvalue weighted by Gasteiger charge is -2.38. The number of nitrogens with one attached hydrogen (secondary N) is 2. The van der Waals surface area contributed by atoms with Crippen LogP contribution in [0.1, 0.15) is 25.7 Å². The lowest BCUT2D eigenvalue weighted by atomic mass is 9.98. The Balaban J connectivity index is 1.45. The Morgan fingerprint density at radius 3 is 2.81 bits per heavy atom. The summed E-state index contributed by atoms with van der Waals surface area (Å²) in [6, 6.07) is 5.19. The van der Waals surface area contributed by atoms with E-state index < -0.39 is 0 Å². The summed E-state index contributed by atoms with van der Waals surface area (Å²) in [4.78, 5) is 15.7. The van der Waals surface area contributed by atoms with E-state index >= 15 is 0 Å². The number of halogens is 1. The second kappa shape index (κ2) is 6.21. The minimum absolute atomic E-state index is 0.285. The van der Waals surface area contributed by atoms with Crippen molar-refractivity contribution in [1.82, 2.24) is 29.5 Å². The number of anilines is 1. The first-order chi connectivity index (χ1) is 15.2. The van der Waals surface area contributed by atoms with Crippen LogP contribution in [0, 0.1) is 0 Å². The highest BCUT2D eigenvalue weighted by atomic mass is 35.5. The van der Waals surface area contributed by atoms with Gasteiger partial charge in [-0.05, 0) is 31.7 Å². The predicted molar refractivity (Wildman–Crippen MR) is 121 cm³/mol. The molecule has 3 atom stereocenters. The molecule has 2 aliphatic heterocycles. The number of benzene rings is 1. The number of nitrogens with zero attached hydrogens (tertiary/aromatic N) is 5. The molecule has 9 heteroatoms. The lowest BCUT2D eigenvalue weighted by molar-refractivity contribution is 0.408. The fourth-order valence-corrected chi connectivity index (χ4v) is 5.98. The van der Waals surface area contributed by atoms with Crippen LogP contribution in [0.25, 0.3) is 38.7 Å². The zero-order chi connectivity index (χ0) is 20.7. The molecule has 4 aromatic heterocycles. The molecule has 0 amide bonds. The van der Waals surface area contributed by atoms with E-state index in [1.54, 1.807) is 6.20 Å². The van der Waals surface area contributed by atoms with Crippen LogP contribution in [0.3, 0.4) is 0 Å². The van der Waals surface area contributed by atoms with Gasteiger partial charge in [-0.25, -0.2) is 4.98 Å². The van der Waals surface area contributed by atoms with Gasteiger partial charge in [0.05, 0.1) is 22.1 Å². The minimum Gasteiger partial charge on any atom is -0.345 e. The van der Waals surface area contributed by atoms with Crippen LogP contribution in [-0.4, -0.2) is 47.7 Å². The number of rotatable bonds is 2. The molecule has 0 saturated carbocycles. The normalized spacial score (nSPS) is 23.5. The van der Waals surface area contributed by atoms with Gasteiger partial charge in [0.15, 0.2) is 5.65 Å². The first-order valence-corrected chi connectivity index (χ1v) is 11.1. The van der Waals surface area contributed by atoms with Crippen molar-refractivity contribution in [2.24, 2.45) is 5.73 Å². The van der Waals surface area contributed by atoms with E-state index in [-0.39, 0.29) is 6.04 Å². The molecule has 0 aliphatic carbocycles. The van der Waals surface area contributed by atoms with E-state index in [4.69, 9.17) is 27.3 Å². The van der Waals surface area contributed by atoms with Crippen molar-refractivity contribution < 1.29 is 0 Å². The minimum atomic E-state index is 0.285. The molecule has 1 unspecified atom stereocenters. The fraction of sp³-hybridized carbons (Fsp3) is 0.318. The molecule has 8 nitrogen and oxygen atoms in total. The molecule has 0 spiro atoms. The topological polar surface area (TPSA) is 104 Å². The first-order valence-electron chi connectivity index (χ1n) is 10.7. The number of imidazole rings is 1. The van der Waals surface area contributed by atoms with Gasteiger partial charge in [-0.15, -0.1) is 0 Å². The molecule has 0 radical (unpaired) electrons. The van der Waals surface area contributed by atoms with Crippen LogP contribution in [0.4, 0.5) is 5.95 Å². The average molecular weight is 433 g/mol. The van der Waals surface area contributed by atoms with E-state index in [9.17, 15) is 0 Å². The van der Waals surface area contributed by atoms with Gasteiger partial charge in [0.1, 0.15) is 5.65 Å². The molecule has 156 valence electrons. The number of H-pyrrole nitrogens is 2. The maximum atomic E-state index is 6.77. The number of piperidine rings is 1. The van der Waals surface area contributed by atoms with Gasteiger partial charge in [-0.1, -0.05) is 17.7 Å². The van der Waals surface area contributed by atoms with Crippen molar-refractivity contribution >= 4 is 45.1 Å². The van der Waals surface area contributed by atoms with E-state index in [1.807, 2.05) is 30.7 Å². The van der Waals surface area contributed by atoms with Crippen LogP contribution in [0.15, 0.2) is 36.9 Å². The summed E-state index contributed by atoms with van der Waals surface area (Å²) in [5, 5.41) is 9.63. The van der Waals surface area contributed by atoms with Crippen molar-refractivity contribution in [3.05, 3.63) is 41.9 Å². The number of aromatic nitrogens is 6. The summed E-state index contributed by atoms with van der Waals surface area (Å²) in [5.41, 5.74) is 10.8. The lowest BCUT2D eigenvalue weighted by Crippen LogP contribution is -2.48. The van der Waals surface area contributed by atoms with Crippen LogP contribution < -0.4 is 10.6 Å². The Kier molecular flexibility index (Phi) is 3.52. The number of hydrogen-bond donors (Lipinski definition) is 3. The maximum Gasteiger partial charge on any atom is 0.213 e. The number of hydrogen-bond acceptors (Lipinski definition) is 5. The fourth-order valence-electron chi connectivity index (χ4n) is 5.66. The average Bonchev–Trinajstić information content (AvgIpc) is 3.52. The van der Waals surface area contributed by atoms with E-state index in [1.165, 1.54) is 12.8 Å². The van der Waals surface area contributed by atoms with Crippen LogP contribution in [0.2, 0.25) is 5.02 Å². The van der Waals surface area contributed by atoms with Crippen LogP contribution >= 0.6 is 11.6 Å². The van der Waals surface area contributed by atoms with Gasteiger partial charge in [-0.2, -0.15) is 10.1 Å². The Labute approximate surface area is 182 Å². The third-order valence-corrected chi connectivity index (χ3v) is 7.41. The van der Waals surface area contributed by atoms with Crippen LogP contribution in [0.5, 0.6) is 0 Å². The Morgan fingerprint density at radius 1 is 1.13 bits per heavy atom. The molecule has 7 rings (SSSR count). The molecule has 31 heavy (non-hydrogen) atoms. The summed E-state index contributed by atoms with van der Waals surface area (Å²) in [6.07, 6.45) is 12.0. The SMILES string of the molecule is NC1C[C@H]2CC[C@@H](C1)N2c1nc2[nH]cc(-c3ccc4[nH]ncc4c3Cl)c2c2nccn12. The molecule has 1 aromatic carbocycles. The number of aromatic amines is 2. The van der Waals surface area contributed by atoms with E-state index in [0.29, 0.717) is 17.1 Å². The molecule has 2 saturated heterocycles. The van der Waals surface area contributed by atoms with E-state index in [0.717, 1.165) is 57.5 Å². The largest absolute Gasteiger partial charge is 0.345 e.